The van der Waals surface area contributed by atoms with E-state index in [4.69, 9.17) is 9.98 Å². The van der Waals surface area contributed by atoms with Gasteiger partial charge in [0.25, 0.3) is 0 Å². The third-order valence-corrected chi connectivity index (χ3v) is 15.1. The third-order valence-electron chi connectivity index (χ3n) is 15.1. The molecule has 0 spiro atoms. The van der Waals surface area contributed by atoms with E-state index in [1.807, 2.05) is 6.20 Å². The molecule has 11 rings (SSSR count). The number of nitrogens with zero attached hydrogens (tertiary/aromatic N) is 5. The second kappa shape index (κ2) is 17.4. The summed E-state index contributed by atoms with van der Waals surface area (Å²) in [6, 6.07) is 63.6. The van der Waals surface area contributed by atoms with Crippen molar-refractivity contribution in [2.45, 2.75) is 104 Å². The molecule has 2 aliphatic heterocycles. The number of aliphatic imine (C=N–C) groups is 1. The van der Waals surface area contributed by atoms with Crippen LogP contribution < -0.4 is 9.80 Å². The van der Waals surface area contributed by atoms with E-state index in [1.54, 1.807) is 0 Å². The summed E-state index contributed by atoms with van der Waals surface area (Å²) in [5.74, 6) is 1.82. The van der Waals surface area contributed by atoms with Crippen LogP contribution >= 0.6 is 0 Å². The van der Waals surface area contributed by atoms with Crippen LogP contribution in [0.5, 0.6) is 0 Å². The number of hydrogen-bond donors (Lipinski definition) is 0. The van der Waals surface area contributed by atoms with E-state index < -0.39 is 5.54 Å². The molecule has 7 aromatic carbocycles. The molecule has 9 aromatic rings. The molecule has 0 amide bonds. The van der Waals surface area contributed by atoms with Gasteiger partial charge in [-0.2, -0.15) is 6.07 Å². The molecule has 2 aromatic heterocycles. The van der Waals surface area contributed by atoms with Crippen molar-refractivity contribution < 1.29 is 21.1 Å². The Bertz CT molecular complexity index is 3440. The Morgan fingerprint density at radius 3 is 1.91 bits per heavy atom. The van der Waals surface area contributed by atoms with Crippen LogP contribution in [0.2, 0.25) is 0 Å². The van der Waals surface area contributed by atoms with Crippen molar-refractivity contribution in [3.8, 4) is 5.82 Å². The minimum absolute atomic E-state index is 0. The van der Waals surface area contributed by atoms with Crippen LogP contribution in [-0.2, 0) is 31.9 Å². The van der Waals surface area contributed by atoms with Crippen molar-refractivity contribution in [2.24, 2.45) is 4.99 Å². The number of para-hydroxylation sites is 2. The first kappa shape index (κ1) is 47.1. The fourth-order valence-corrected chi connectivity index (χ4v) is 11.7. The summed E-state index contributed by atoms with van der Waals surface area (Å²) in [5.41, 5.74) is 17.6. The van der Waals surface area contributed by atoms with Gasteiger partial charge < -0.3 is 19.4 Å². The van der Waals surface area contributed by atoms with Gasteiger partial charge in [-0.15, -0.1) is 46.3 Å². The molecule has 0 saturated carbocycles. The average molecular weight is 1100 g/mol. The van der Waals surface area contributed by atoms with Gasteiger partial charge in [-0.05, 0) is 114 Å². The zero-order valence-electron chi connectivity index (χ0n) is 42.2. The first-order chi connectivity index (χ1) is 33.0. The molecule has 6 heteroatoms. The molecule has 0 bridgehead atoms. The van der Waals surface area contributed by atoms with Crippen molar-refractivity contribution in [1.29, 1.82) is 0 Å². The Kier molecular flexibility index (Phi) is 11.7. The normalized spacial score (nSPS) is 16.1. The van der Waals surface area contributed by atoms with Gasteiger partial charge in [0.2, 0.25) is 0 Å². The van der Waals surface area contributed by atoms with Crippen LogP contribution in [0, 0.1) is 39.8 Å². The maximum atomic E-state index is 5.96. The van der Waals surface area contributed by atoms with Gasteiger partial charge in [0.15, 0.2) is 0 Å². The molecule has 5 nitrogen and oxygen atoms in total. The Labute approximate surface area is 429 Å². The van der Waals surface area contributed by atoms with Crippen molar-refractivity contribution in [2.75, 3.05) is 9.80 Å². The van der Waals surface area contributed by atoms with Crippen molar-refractivity contribution in [3.63, 3.8) is 0 Å². The van der Waals surface area contributed by atoms with Crippen LogP contribution in [0.3, 0.4) is 0 Å². The first-order valence-electron chi connectivity index (χ1n) is 24.5. The van der Waals surface area contributed by atoms with E-state index >= 15 is 0 Å². The Hall–Kier alpha value is -6.55. The molecule has 352 valence electrons. The van der Waals surface area contributed by atoms with Crippen molar-refractivity contribution in [3.05, 3.63) is 226 Å². The molecule has 0 N–H and O–H groups in total. The number of aromatic nitrogens is 2. The molecular formula is C64H61N5Pt. The number of benzene rings is 7. The van der Waals surface area contributed by atoms with Crippen LogP contribution in [0.1, 0.15) is 110 Å². The maximum absolute atomic E-state index is 5.96. The molecule has 1 atom stereocenters. The molecule has 0 unspecified atom stereocenters. The quantitative estimate of drug-likeness (QED) is 0.149. The summed E-state index contributed by atoms with van der Waals surface area (Å²) in [6.45, 7) is 25.2. The predicted octanol–water partition coefficient (Wildman–Crippen LogP) is 15.7. The number of anilines is 4. The van der Waals surface area contributed by atoms with Crippen LogP contribution in [0.4, 0.5) is 22.7 Å². The predicted molar refractivity (Wildman–Crippen MR) is 289 cm³/mol. The largest absolute Gasteiger partial charge is 2.00 e. The topological polar surface area (TPSA) is 36.7 Å². The van der Waals surface area contributed by atoms with Gasteiger partial charge in [-0.1, -0.05) is 168 Å². The van der Waals surface area contributed by atoms with Gasteiger partial charge >= 0.3 is 21.1 Å². The number of hydrogen-bond acceptors (Lipinski definition) is 4. The molecule has 0 fully saturated rings. The second-order valence-corrected chi connectivity index (χ2v) is 21.6. The Morgan fingerprint density at radius 2 is 1.24 bits per heavy atom. The van der Waals surface area contributed by atoms with Crippen LogP contribution in [0.15, 0.2) is 163 Å². The standard InChI is InChI=1S/C64H61N5.Pt/c1-40-34-42(3)59(43(4)35-40)69-61(66-60(64(69,10)11)58(44-22-14-12-15-23-44)45-24-16-13-17-25-45)46-31-30-41(2)54(36-46)67-53-29-21-19-27-50(53)63(8,9)51-38-49-48-26-18-20-28-52(48)68(55(49)39-56(51)67)57-37-47(32-33-65-57)62(5,6)7;/h12-35,37-38,58,60H,1-11H3;/q-2;+2/t60-;/m1./s1. The van der Waals surface area contributed by atoms with Gasteiger partial charge in [0, 0.05) is 29.0 Å². The SMILES string of the molecule is Cc1cc(C)c(N2C(c3[c-]c(N4c5[c-]c6c(cc5C(C)(C)c5ccccc54)c4ccccc4n6-c4cc(C(C)(C)C)ccn4)c(C)cc3)=N[C@H](C(c3ccccc3)c3ccccc3)C2(C)C)c(C)c1.[Pt+2]. The molecule has 4 heterocycles. The number of fused-ring (bicyclic) bond motifs is 5. The minimum Gasteiger partial charge on any atom is -0.359 e. The maximum Gasteiger partial charge on any atom is 2.00 e. The average Bonchev–Trinajstić information content (AvgIpc) is 3.79. The van der Waals surface area contributed by atoms with E-state index in [1.165, 1.54) is 55.6 Å². The van der Waals surface area contributed by atoms with Crippen molar-refractivity contribution >= 4 is 50.4 Å². The second-order valence-electron chi connectivity index (χ2n) is 21.6. The van der Waals surface area contributed by atoms with E-state index in [0.717, 1.165) is 56.3 Å². The summed E-state index contributed by atoms with van der Waals surface area (Å²) < 4.78 is 2.31. The van der Waals surface area contributed by atoms with E-state index in [9.17, 15) is 0 Å². The zero-order chi connectivity index (χ0) is 48.1. The summed E-state index contributed by atoms with van der Waals surface area (Å²) in [6.07, 6.45) is 1.95. The summed E-state index contributed by atoms with van der Waals surface area (Å²) in [5, 5.41) is 2.34. The minimum atomic E-state index is -0.450. The molecular weight excluding hydrogens is 1030 g/mol. The zero-order valence-corrected chi connectivity index (χ0v) is 44.5. The van der Waals surface area contributed by atoms with Crippen molar-refractivity contribution in [1.82, 2.24) is 9.55 Å². The van der Waals surface area contributed by atoms with Crippen LogP contribution in [0.25, 0.3) is 27.6 Å². The fraction of sp³-hybridized carbons (Fsp3) is 0.250. The molecule has 0 radical (unpaired) electrons. The number of pyridine rings is 1. The number of aryl methyl sites for hydroxylation is 4. The van der Waals surface area contributed by atoms with E-state index in [-0.39, 0.29) is 43.9 Å². The summed E-state index contributed by atoms with van der Waals surface area (Å²) in [4.78, 5) is 16.0. The van der Waals surface area contributed by atoms with E-state index in [0.29, 0.717) is 0 Å². The van der Waals surface area contributed by atoms with Gasteiger partial charge in [-0.25, -0.2) is 4.98 Å². The molecule has 2 aliphatic rings. The smallest absolute Gasteiger partial charge is 0.359 e. The monoisotopic (exact) mass is 1090 g/mol. The van der Waals surface area contributed by atoms with Gasteiger partial charge in [-0.3, -0.25) is 0 Å². The molecule has 70 heavy (non-hydrogen) atoms. The summed E-state index contributed by atoms with van der Waals surface area (Å²) >= 11 is 0. The summed E-state index contributed by atoms with van der Waals surface area (Å²) in [7, 11) is 0. The molecule has 0 aliphatic carbocycles. The number of amidine groups is 1. The van der Waals surface area contributed by atoms with Gasteiger partial charge in [0.1, 0.15) is 5.82 Å². The Balaban J connectivity index is 0.00000567. The van der Waals surface area contributed by atoms with E-state index in [2.05, 4.69) is 254 Å². The first-order valence-corrected chi connectivity index (χ1v) is 24.5. The fourth-order valence-electron chi connectivity index (χ4n) is 11.7. The number of rotatable bonds is 7. The third kappa shape index (κ3) is 7.55. The molecule has 0 saturated heterocycles. The van der Waals surface area contributed by atoms with Gasteiger partial charge in [0.05, 0.1) is 17.4 Å². The van der Waals surface area contributed by atoms with Crippen LogP contribution in [-0.4, -0.2) is 27.0 Å². The Morgan fingerprint density at radius 1 is 0.614 bits per heavy atom.